The molecule has 0 aromatic heterocycles. The molecule has 0 radical (unpaired) electrons. The molecular weight excluding hydrogens is 457 g/mol. The Hall–Kier alpha value is -3.10. The number of anilines is 1. The first-order chi connectivity index (χ1) is 15.2. The molecule has 0 spiro atoms. The van der Waals surface area contributed by atoms with Gasteiger partial charge in [-0.15, -0.1) is 0 Å². The summed E-state index contributed by atoms with van der Waals surface area (Å²) >= 11 is 11.9. The predicted octanol–water partition coefficient (Wildman–Crippen LogP) is 3.99. The molecule has 3 rings (SSSR count). The molecule has 32 heavy (non-hydrogen) atoms. The second-order valence-electron chi connectivity index (χ2n) is 7.28. The van der Waals surface area contributed by atoms with E-state index in [1.807, 2.05) is 0 Å². The Morgan fingerprint density at radius 2 is 1.56 bits per heavy atom. The largest absolute Gasteiger partial charge is 0.468 e. The van der Waals surface area contributed by atoms with Gasteiger partial charge in [0.15, 0.2) is 0 Å². The number of carbonyl (C=O) groups is 3. The van der Waals surface area contributed by atoms with Crippen LogP contribution in [0.4, 0.5) is 10.5 Å². The van der Waals surface area contributed by atoms with E-state index in [-0.39, 0.29) is 13.1 Å². The van der Waals surface area contributed by atoms with Gasteiger partial charge in [0.25, 0.3) is 5.91 Å². The second-order valence-corrected chi connectivity index (χ2v) is 8.15. The van der Waals surface area contributed by atoms with Crippen LogP contribution in [-0.4, -0.2) is 56.0 Å². The summed E-state index contributed by atoms with van der Waals surface area (Å²) in [4.78, 5) is 38.9. The lowest BCUT2D eigenvalue weighted by atomic mass is 9.82. The van der Waals surface area contributed by atoms with Crippen molar-refractivity contribution in [1.29, 1.82) is 0 Å². The van der Waals surface area contributed by atoms with Gasteiger partial charge in [0.1, 0.15) is 12.0 Å². The number of esters is 1. The first-order valence-electron chi connectivity index (χ1n) is 9.54. The zero-order valence-electron chi connectivity index (χ0n) is 17.7. The standard InChI is InChI=1S/C22H21Cl2N3O5/c1-22(20(29)31-2)13-26(25-19(22)14-4-6-15(23)7-5-14)12-18(28)27(21(30)32-3)17-10-8-16(24)9-11-17/h4-11H,12-13H2,1-3H3. The van der Waals surface area contributed by atoms with Crippen molar-refractivity contribution in [3.8, 4) is 0 Å². The average Bonchev–Trinajstić information content (AvgIpc) is 3.12. The van der Waals surface area contributed by atoms with Gasteiger partial charge in [-0.2, -0.15) is 5.10 Å². The van der Waals surface area contributed by atoms with Crippen LogP contribution in [0.2, 0.25) is 10.0 Å². The van der Waals surface area contributed by atoms with Crippen LogP contribution in [0.15, 0.2) is 53.6 Å². The molecular formula is C22H21Cl2N3O5. The topological polar surface area (TPSA) is 88.5 Å². The summed E-state index contributed by atoms with van der Waals surface area (Å²) < 4.78 is 9.77. The van der Waals surface area contributed by atoms with Gasteiger partial charge >= 0.3 is 12.1 Å². The SMILES string of the molecule is COC(=O)N(C(=O)CN1CC(C)(C(=O)OC)C(c2ccc(Cl)cc2)=N1)c1ccc(Cl)cc1. The summed E-state index contributed by atoms with van der Waals surface area (Å²) in [5.41, 5.74) is 0.270. The van der Waals surface area contributed by atoms with Crippen molar-refractivity contribution in [1.82, 2.24) is 5.01 Å². The van der Waals surface area contributed by atoms with Gasteiger partial charge in [-0.25, -0.2) is 9.69 Å². The van der Waals surface area contributed by atoms with Crippen molar-refractivity contribution >= 4 is 52.6 Å². The fourth-order valence-corrected chi connectivity index (χ4v) is 3.70. The van der Waals surface area contributed by atoms with Gasteiger partial charge in [0, 0.05) is 10.0 Å². The molecule has 0 saturated heterocycles. The van der Waals surface area contributed by atoms with Gasteiger partial charge in [-0.1, -0.05) is 35.3 Å². The Kier molecular flexibility index (Phi) is 7.06. The predicted molar refractivity (Wildman–Crippen MR) is 121 cm³/mol. The minimum atomic E-state index is -1.13. The molecule has 8 nitrogen and oxygen atoms in total. The number of ether oxygens (including phenoxy) is 2. The molecule has 1 aliphatic heterocycles. The zero-order chi connectivity index (χ0) is 23.5. The number of rotatable bonds is 5. The van der Waals surface area contributed by atoms with Crippen LogP contribution >= 0.6 is 23.2 Å². The molecule has 0 bridgehead atoms. The summed E-state index contributed by atoms with van der Waals surface area (Å²) in [6.45, 7) is 1.49. The quantitative estimate of drug-likeness (QED) is 0.604. The number of amides is 2. The van der Waals surface area contributed by atoms with Gasteiger partial charge < -0.3 is 9.47 Å². The molecule has 0 fully saturated rings. The number of imide groups is 1. The Bertz CT molecular complexity index is 1060. The smallest absolute Gasteiger partial charge is 0.420 e. The van der Waals surface area contributed by atoms with E-state index in [9.17, 15) is 14.4 Å². The van der Waals surface area contributed by atoms with Gasteiger partial charge in [-0.3, -0.25) is 14.6 Å². The number of halogens is 2. The van der Waals surface area contributed by atoms with Gasteiger partial charge in [0.2, 0.25) is 0 Å². The Labute approximate surface area is 195 Å². The molecule has 10 heteroatoms. The molecule has 0 saturated carbocycles. The minimum absolute atomic E-state index is 0.0823. The molecule has 1 unspecified atom stereocenters. The van der Waals surface area contributed by atoms with E-state index in [1.165, 1.54) is 31.4 Å². The maximum Gasteiger partial charge on any atom is 0.420 e. The number of hydrogen-bond donors (Lipinski definition) is 0. The molecule has 0 N–H and O–H groups in total. The van der Waals surface area contributed by atoms with Crippen LogP contribution < -0.4 is 4.90 Å². The normalized spacial score (nSPS) is 17.5. The third kappa shape index (κ3) is 4.71. The van der Waals surface area contributed by atoms with Crippen molar-refractivity contribution in [2.75, 3.05) is 32.2 Å². The van der Waals surface area contributed by atoms with Crippen LogP contribution in [0.1, 0.15) is 12.5 Å². The third-order valence-electron chi connectivity index (χ3n) is 5.03. The number of carbonyl (C=O) groups excluding carboxylic acids is 3. The third-order valence-corrected chi connectivity index (χ3v) is 5.53. The number of hydrogen-bond acceptors (Lipinski definition) is 7. The average molecular weight is 478 g/mol. The van der Waals surface area contributed by atoms with Crippen LogP contribution in [0.5, 0.6) is 0 Å². The Morgan fingerprint density at radius 1 is 1.00 bits per heavy atom. The molecule has 1 heterocycles. The Morgan fingerprint density at radius 3 is 2.09 bits per heavy atom. The highest BCUT2D eigenvalue weighted by Gasteiger charge is 2.47. The minimum Gasteiger partial charge on any atom is -0.468 e. The molecule has 2 amide bonds. The molecule has 2 aromatic carbocycles. The van der Waals surface area contributed by atoms with E-state index >= 15 is 0 Å². The van der Waals surface area contributed by atoms with Crippen molar-refractivity contribution < 1.29 is 23.9 Å². The molecule has 1 atom stereocenters. The van der Waals surface area contributed by atoms with E-state index in [2.05, 4.69) is 5.10 Å². The molecule has 2 aromatic rings. The fourth-order valence-electron chi connectivity index (χ4n) is 3.45. The number of methoxy groups -OCH3 is 2. The van der Waals surface area contributed by atoms with Crippen molar-refractivity contribution in [2.24, 2.45) is 10.5 Å². The summed E-state index contributed by atoms with van der Waals surface area (Å²) in [7, 11) is 2.47. The van der Waals surface area contributed by atoms with Crippen LogP contribution in [0.25, 0.3) is 0 Å². The zero-order valence-corrected chi connectivity index (χ0v) is 19.2. The maximum absolute atomic E-state index is 13.1. The highest BCUT2D eigenvalue weighted by Crippen LogP contribution is 2.33. The van der Waals surface area contributed by atoms with Crippen LogP contribution in [0.3, 0.4) is 0 Å². The Balaban J connectivity index is 1.91. The monoisotopic (exact) mass is 477 g/mol. The molecule has 168 valence electrons. The molecule has 0 aliphatic carbocycles. The van der Waals surface area contributed by atoms with Gasteiger partial charge in [-0.05, 0) is 48.9 Å². The lowest BCUT2D eigenvalue weighted by Crippen LogP contribution is -2.44. The van der Waals surface area contributed by atoms with Crippen LogP contribution in [0, 0.1) is 5.41 Å². The van der Waals surface area contributed by atoms with Crippen molar-refractivity contribution in [3.05, 3.63) is 64.1 Å². The van der Waals surface area contributed by atoms with Gasteiger partial charge in [0.05, 0.1) is 32.2 Å². The summed E-state index contributed by atoms with van der Waals surface area (Å²) in [6.07, 6.45) is -0.853. The first kappa shape index (κ1) is 23.6. The second kappa shape index (κ2) is 9.58. The van der Waals surface area contributed by atoms with E-state index in [0.717, 1.165) is 4.90 Å². The summed E-state index contributed by atoms with van der Waals surface area (Å²) in [6, 6.07) is 13.0. The van der Waals surface area contributed by atoms with E-state index in [1.54, 1.807) is 43.3 Å². The van der Waals surface area contributed by atoms with E-state index in [4.69, 9.17) is 32.7 Å². The van der Waals surface area contributed by atoms with Crippen molar-refractivity contribution in [2.45, 2.75) is 6.92 Å². The number of nitrogens with zero attached hydrogens (tertiary/aromatic N) is 3. The highest BCUT2D eigenvalue weighted by molar-refractivity contribution is 6.31. The number of hydrazone groups is 1. The van der Waals surface area contributed by atoms with E-state index in [0.29, 0.717) is 27.0 Å². The first-order valence-corrected chi connectivity index (χ1v) is 10.3. The summed E-state index contributed by atoms with van der Waals surface area (Å²) in [5.74, 6) is -1.09. The summed E-state index contributed by atoms with van der Waals surface area (Å²) in [5, 5.41) is 6.93. The van der Waals surface area contributed by atoms with Crippen LogP contribution in [-0.2, 0) is 19.1 Å². The highest BCUT2D eigenvalue weighted by atomic mass is 35.5. The fraction of sp³-hybridized carbons (Fsp3) is 0.273. The lowest BCUT2D eigenvalue weighted by molar-refractivity contribution is -0.148. The lowest BCUT2D eigenvalue weighted by Gasteiger charge is -2.25. The molecule has 1 aliphatic rings. The number of benzene rings is 2. The van der Waals surface area contributed by atoms with E-state index < -0.39 is 23.4 Å². The maximum atomic E-state index is 13.1. The van der Waals surface area contributed by atoms with Crippen molar-refractivity contribution in [3.63, 3.8) is 0 Å².